The Kier molecular flexibility index (Phi) is 9.30. The maximum absolute atomic E-state index is 13.5. The number of carbonyl (C=O) groups is 2. The molecule has 0 saturated heterocycles. The lowest BCUT2D eigenvalue weighted by molar-refractivity contribution is -0.137. The van der Waals surface area contributed by atoms with Gasteiger partial charge in [-0.1, -0.05) is 19.8 Å². The van der Waals surface area contributed by atoms with E-state index >= 15 is 0 Å². The van der Waals surface area contributed by atoms with Crippen LogP contribution in [0, 0.1) is 13.8 Å². The summed E-state index contributed by atoms with van der Waals surface area (Å²) in [6.45, 7) is 8.04. The van der Waals surface area contributed by atoms with E-state index in [9.17, 15) is 14.7 Å². The van der Waals surface area contributed by atoms with Crippen molar-refractivity contribution >= 4 is 22.9 Å². The number of methoxy groups -OCH3 is 1. The number of ether oxygens (including phenoxy) is 1. The summed E-state index contributed by atoms with van der Waals surface area (Å²) >= 11 is 0. The summed E-state index contributed by atoms with van der Waals surface area (Å²) in [5.41, 5.74) is 3.96. The minimum Gasteiger partial charge on any atom is -0.481 e. The van der Waals surface area contributed by atoms with E-state index < -0.39 is 11.9 Å². The lowest BCUT2D eigenvalue weighted by Crippen LogP contribution is -2.37. The molecule has 1 unspecified atom stereocenters. The van der Waals surface area contributed by atoms with E-state index in [1.165, 1.54) is 0 Å². The fourth-order valence-corrected chi connectivity index (χ4v) is 3.60. The molecule has 166 valence electrons. The normalized spacial score (nSPS) is 12.3. The Morgan fingerprint density at radius 2 is 1.87 bits per heavy atom. The van der Waals surface area contributed by atoms with Crippen LogP contribution in [0.4, 0.5) is 0 Å². The van der Waals surface area contributed by atoms with Gasteiger partial charge in [0.25, 0.3) is 0 Å². The Labute approximate surface area is 178 Å². The Morgan fingerprint density at radius 3 is 2.53 bits per heavy atom. The SMILES string of the molecule is CCCCCN(CCCOC)C(=O)C(CCC(=O)O)c1nc2cc(C)c(C)cc2[nH]1. The van der Waals surface area contributed by atoms with Gasteiger partial charge in [0.15, 0.2) is 0 Å². The number of carboxylic acids is 1. The van der Waals surface area contributed by atoms with Gasteiger partial charge >= 0.3 is 5.97 Å². The lowest BCUT2D eigenvalue weighted by atomic mass is 10.00. The van der Waals surface area contributed by atoms with Crippen LogP contribution in [-0.2, 0) is 14.3 Å². The third-order valence-electron chi connectivity index (χ3n) is 5.51. The molecule has 7 nitrogen and oxygen atoms in total. The van der Waals surface area contributed by atoms with Crippen molar-refractivity contribution in [2.24, 2.45) is 0 Å². The van der Waals surface area contributed by atoms with Gasteiger partial charge in [-0.15, -0.1) is 0 Å². The zero-order valence-corrected chi connectivity index (χ0v) is 18.7. The van der Waals surface area contributed by atoms with Crippen LogP contribution in [0.15, 0.2) is 12.1 Å². The number of aryl methyl sites for hydroxylation is 2. The average molecular weight is 418 g/mol. The number of rotatable bonds is 13. The highest BCUT2D eigenvalue weighted by Crippen LogP contribution is 2.26. The molecular weight excluding hydrogens is 382 g/mol. The second-order valence-electron chi connectivity index (χ2n) is 7.94. The third-order valence-corrected chi connectivity index (χ3v) is 5.51. The molecule has 0 aliphatic rings. The number of aliphatic carboxylic acids is 1. The summed E-state index contributed by atoms with van der Waals surface area (Å²) in [5, 5.41) is 9.22. The van der Waals surface area contributed by atoms with E-state index in [-0.39, 0.29) is 18.7 Å². The number of hydrogen-bond donors (Lipinski definition) is 2. The Morgan fingerprint density at radius 1 is 1.17 bits per heavy atom. The molecule has 0 spiro atoms. The number of benzene rings is 1. The van der Waals surface area contributed by atoms with Crippen LogP contribution >= 0.6 is 0 Å². The van der Waals surface area contributed by atoms with Crippen molar-refractivity contribution in [2.75, 3.05) is 26.8 Å². The minimum atomic E-state index is -0.910. The molecule has 1 atom stereocenters. The molecule has 2 rings (SSSR count). The molecule has 0 aliphatic carbocycles. The fraction of sp³-hybridized carbons (Fsp3) is 0.609. The molecule has 0 fully saturated rings. The number of unbranched alkanes of at least 4 members (excludes halogenated alkanes) is 2. The molecule has 2 N–H and O–H groups in total. The maximum Gasteiger partial charge on any atom is 0.303 e. The highest BCUT2D eigenvalue weighted by atomic mass is 16.5. The highest BCUT2D eigenvalue weighted by molar-refractivity contribution is 5.85. The number of nitrogens with one attached hydrogen (secondary N) is 1. The molecular formula is C23H35N3O4. The Bertz CT molecular complexity index is 797. The highest BCUT2D eigenvalue weighted by Gasteiger charge is 2.29. The number of aromatic nitrogens is 2. The van der Waals surface area contributed by atoms with Crippen LogP contribution in [0.1, 0.15) is 68.3 Å². The van der Waals surface area contributed by atoms with Crippen LogP contribution in [0.5, 0.6) is 0 Å². The van der Waals surface area contributed by atoms with Gasteiger partial charge in [0.2, 0.25) is 5.91 Å². The average Bonchev–Trinajstić information content (AvgIpc) is 3.09. The van der Waals surface area contributed by atoms with Gasteiger partial charge in [-0.25, -0.2) is 4.98 Å². The van der Waals surface area contributed by atoms with Crippen molar-refractivity contribution in [1.82, 2.24) is 14.9 Å². The van der Waals surface area contributed by atoms with Gasteiger partial charge in [0.1, 0.15) is 5.82 Å². The first-order valence-corrected chi connectivity index (χ1v) is 10.8. The van der Waals surface area contributed by atoms with Crippen molar-refractivity contribution in [3.05, 3.63) is 29.1 Å². The number of H-pyrrole nitrogens is 1. The third kappa shape index (κ3) is 6.55. The molecule has 2 aromatic rings. The predicted molar refractivity (Wildman–Crippen MR) is 118 cm³/mol. The summed E-state index contributed by atoms with van der Waals surface area (Å²) in [6, 6.07) is 4.03. The smallest absolute Gasteiger partial charge is 0.303 e. The van der Waals surface area contributed by atoms with Gasteiger partial charge < -0.3 is 19.7 Å². The molecule has 1 aromatic carbocycles. The molecule has 30 heavy (non-hydrogen) atoms. The largest absolute Gasteiger partial charge is 0.481 e. The van der Waals surface area contributed by atoms with E-state index in [1.807, 2.05) is 30.9 Å². The first kappa shape index (κ1) is 23.9. The van der Waals surface area contributed by atoms with Crippen molar-refractivity contribution in [1.29, 1.82) is 0 Å². The summed E-state index contributed by atoms with van der Waals surface area (Å²) in [7, 11) is 1.65. The zero-order chi connectivity index (χ0) is 22.1. The molecule has 1 amide bonds. The van der Waals surface area contributed by atoms with E-state index in [0.29, 0.717) is 25.5 Å². The fourth-order valence-electron chi connectivity index (χ4n) is 3.60. The molecule has 7 heteroatoms. The van der Waals surface area contributed by atoms with Crippen LogP contribution in [0.3, 0.4) is 0 Å². The number of amides is 1. The van der Waals surface area contributed by atoms with E-state index in [0.717, 1.165) is 47.8 Å². The van der Waals surface area contributed by atoms with Gasteiger partial charge in [-0.3, -0.25) is 9.59 Å². The molecule has 1 aromatic heterocycles. The first-order valence-electron chi connectivity index (χ1n) is 10.8. The van der Waals surface area contributed by atoms with Crippen LogP contribution in [-0.4, -0.2) is 58.7 Å². The number of carboxylic acid groups (broad SMARTS) is 1. The predicted octanol–water partition coefficient (Wildman–Crippen LogP) is 4.18. The Hall–Kier alpha value is -2.41. The quantitative estimate of drug-likeness (QED) is 0.477. The van der Waals surface area contributed by atoms with Crippen molar-refractivity contribution in [3.8, 4) is 0 Å². The van der Waals surface area contributed by atoms with Crippen molar-refractivity contribution in [3.63, 3.8) is 0 Å². The van der Waals surface area contributed by atoms with E-state index in [4.69, 9.17) is 4.74 Å². The van der Waals surface area contributed by atoms with Gasteiger partial charge in [0.05, 0.1) is 17.0 Å². The monoisotopic (exact) mass is 417 g/mol. The minimum absolute atomic E-state index is 0.0593. The number of aromatic amines is 1. The second kappa shape index (κ2) is 11.7. The van der Waals surface area contributed by atoms with E-state index in [1.54, 1.807) is 7.11 Å². The number of imidazole rings is 1. The number of carbonyl (C=O) groups excluding carboxylic acids is 1. The maximum atomic E-state index is 13.5. The summed E-state index contributed by atoms with van der Waals surface area (Å²) in [4.78, 5) is 34.5. The van der Waals surface area contributed by atoms with Crippen LogP contribution < -0.4 is 0 Å². The number of nitrogens with zero attached hydrogens (tertiary/aromatic N) is 2. The standard InChI is InChI=1S/C23H35N3O4/c1-5-6-7-11-26(12-8-13-30-4)23(29)18(9-10-21(27)28)22-24-19-14-16(2)17(3)15-20(19)25-22/h14-15,18H,5-13H2,1-4H3,(H,24,25)(H,27,28). The van der Waals surface area contributed by atoms with Gasteiger partial charge in [-0.05, 0) is 56.4 Å². The summed E-state index contributed by atoms with van der Waals surface area (Å²) in [5.74, 6) is -1.02. The second-order valence-corrected chi connectivity index (χ2v) is 7.94. The summed E-state index contributed by atoms with van der Waals surface area (Å²) in [6.07, 6.45) is 3.95. The molecule has 0 saturated carbocycles. The topological polar surface area (TPSA) is 95.5 Å². The zero-order valence-electron chi connectivity index (χ0n) is 18.7. The molecule has 0 radical (unpaired) electrons. The molecule has 1 heterocycles. The van der Waals surface area contributed by atoms with Crippen molar-refractivity contribution in [2.45, 2.75) is 65.2 Å². The van der Waals surface area contributed by atoms with Gasteiger partial charge in [0, 0.05) is 33.2 Å². The summed E-state index contributed by atoms with van der Waals surface area (Å²) < 4.78 is 5.15. The van der Waals surface area contributed by atoms with Gasteiger partial charge in [-0.2, -0.15) is 0 Å². The lowest BCUT2D eigenvalue weighted by Gasteiger charge is -2.26. The first-order chi connectivity index (χ1) is 14.4. The van der Waals surface area contributed by atoms with Crippen LogP contribution in [0.2, 0.25) is 0 Å². The van der Waals surface area contributed by atoms with Crippen molar-refractivity contribution < 1.29 is 19.4 Å². The van der Waals surface area contributed by atoms with E-state index in [2.05, 4.69) is 16.9 Å². The molecule has 0 bridgehead atoms. The molecule has 0 aliphatic heterocycles. The Balaban J connectivity index is 2.31. The number of hydrogen-bond acceptors (Lipinski definition) is 4. The number of fused-ring (bicyclic) bond motifs is 1. The van der Waals surface area contributed by atoms with Crippen LogP contribution in [0.25, 0.3) is 11.0 Å².